The first kappa shape index (κ1) is 15.9. The van der Waals surface area contributed by atoms with E-state index in [0.29, 0.717) is 0 Å². The maximum absolute atomic E-state index is 4.25. The fraction of sp³-hybridized carbons (Fsp3) is 0.125. The summed E-state index contributed by atoms with van der Waals surface area (Å²) in [4.78, 5) is 0. The van der Waals surface area contributed by atoms with Crippen LogP contribution in [-0.4, -0.2) is 0 Å². The van der Waals surface area contributed by atoms with Crippen LogP contribution < -0.4 is 0 Å². The molecule has 0 nitrogen and oxygen atoms in total. The molecule has 0 bridgehead atoms. The molecule has 1 aliphatic rings. The Balaban J connectivity index is -0.0000000836. The van der Waals surface area contributed by atoms with Crippen LogP contribution in [0, 0.1) is 20.1 Å². The van der Waals surface area contributed by atoms with Gasteiger partial charge >= 0.3 is 17.1 Å². The molecule has 1 heteroatoms. The Morgan fingerprint density at radius 2 is 2.00 bits per heavy atom. The van der Waals surface area contributed by atoms with Gasteiger partial charge < -0.3 is 14.0 Å². The molecule has 0 aromatic rings. The molecule has 0 radical (unpaired) electrons. The van der Waals surface area contributed by atoms with Crippen molar-refractivity contribution in [3.63, 3.8) is 0 Å². The van der Waals surface area contributed by atoms with E-state index < -0.39 is 0 Å². The molecular weight excluding hydrogens is 151 g/mol. The number of hydrogen-bond acceptors (Lipinski definition) is 0. The Labute approximate surface area is 68.8 Å². The van der Waals surface area contributed by atoms with Crippen LogP contribution in [0.4, 0.5) is 0 Å². The molecule has 0 amide bonds. The zero-order valence-electron chi connectivity index (χ0n) is 5.60. The first-order valence-electron chi connectivity index (χ1n) is 2.13. The van der Waals surface area contributed by atoms with E-state index in [9.17, 15) is 0 Å². The van der Waals surface area contributed by atoms with Gasteiger partial charge in [0.05, 0.1) is 0 Å². The van der Waals surface area contributed by atoms with Crippen LogP contribution >= 0.6 is 0 Å². The summed E-state index contributed by atoms with van der Waals surface area (Å²) in [6.07, 6.45) is 10.0. The van der Waals surface area contributed by atoms with Gasteiger partial charge in [-0.05, 0) is 0 Å². The van der Waals surface area contributed by atoms with Gasteiger partial charge in [0.15, 0.2) is 0 Å². The fourth-order valence-electron chi connectivity index (χ4n) is 0.340. The third kappa shape index (κ3) is 11.3. The molecule has 0 unspecified atom stereocenters. The zero-order chi connectivity index (χ0) is 5.54. The van der Waals surface area contributed by atoms with E-state index in [1.165, 1.54) is 0 Å². The summed E-state index contributed by atoms with van der Waals surface area (Å²) in [6.45, 7) is 7.00. The predicted molar refractivity (Wildman–Crippen MR) is 37.9 cm³/mol. The first-order valence-corrected chi connectivity index (χ1v) is 2.13. The third-order valence-corrected chi connectivity index (χ3v) is 0.586. The summed E-state index contributed by atoms with van der Waals surface area (Å²) >= 11 is 0. The van der Waals surface area contributed by atoms with Crippen molar-refractivity contribution < 1.29 is 17.1 Å². The average Bonchev–Trinajstić information content (AvgIpc) is 2.23. The second kappa shape index (κ2) is 15.6. The fourth-order valence-corrected chi connectivity index (χ4v) is 0.340. The summed E-state index contributed by atoms with van der Waals surface area (Å²) in [5.74, 6) is 0. The molecule has 0 atom stereocenters. The molecule has 0 saturated heterocycles. The van der Waals surface area contributed by atoms with Crippen molar-refractivity contribution in [2.45, 2.75) is 6.42 Å². The van der Waals surface area contributed by atoms with Crippen LogP contribution in [0.3, 0.4) is 0 Å². The van der Waals surface area contributed by atoms with Crippen molar-refractivity contribution >= 4 is 0 Å². The Hall–Kier alpha value is -0.261. The number of hydrogen-bond donors (Lipinski definition) is 0. The maximum Gasteiger partial charge on any atom is 3.00 e. The van der Waals surface area contributed by atoms with Crippen molar-refractivity contribution in [3.8, 4) is 0 Å². The minimum atomic E-state index is 0. The third-order valence-electron chi connectivity index (χ3n) is 0.586. The second-order valence-electron chi connectivity index (χ2n) is 1.00. The minimum Gasteiger partial charge on any atom is -0.521 e. The van der Waals surface area contributed by atoms with Gasteiger partial charge in [-0.1, -0.05) is 0 Å². The Bertz CT molecular complexity index is 72.6. The Morgan fingerprint density at radius 1 is 1.44 bits per heavy atom. The Kier molecular flexibility index (Phi) is 27.6. The van der Waals surface area contributed by atoms with Crippen LogP contribution in [0.25, 0.3) is 0 Å². The smallest absolute Gasteiger partial charge is 0.521 e. The molecule has 0 aromatic carbocycles. The molecule has 0 fully saturated rings. The van der Waals surface area contributed by atoms with E-state index in [1.807, 2.05) is 12.2 Å². The molecule has 9 heavy (non-hydrogen) atoms. The zero-order valence-corrected chi connectivity index (χ0v) is 6.78. The van der Waals surface area contributed by atoms with Crippen LogP contribution in [0.1, 0.15) is 6.42 Å². The standard InChI is InChI=1S/C5H5.C2H3.CH3.Mn/c1-2-4-5-3-1;1-2;;/h1-3H,4H2;1H,2H2;1H3;/q3*-1;+3. The summed E-state index contributed by atoms with van der Waals surface area (Å²) in [6, 6.07) is 0. The van der Waals surface area contributed by atoms with Gasteiger partial charge in [0.2, 0.25) is 0 Å². The van der Waals surface area contributed by atoms with E-state index in [1.54, 1.807) is 0 Å². The van der Waals surface area contributed by atoms with Crippen LogP contribution in [0.2, 0.25) is 0 Å². The largest absolute Gasteiger partial charge is 3.00 e. The summed E-state index contributed by atoms with van der Waals surface area (Å²) in [5, 5.41) is 0. The van der Waals surface area contributed by atoms with Crippen LogP contribution in [0.5, 0.6) is 0 Å². The molecule has 0 aromatic heterocycles. The topological polar surface area (TPSA) is 0 Å². The monoisotopic (exact) mass is 162 g/mol. The van der Waals surface area contributed by atoms with Gasteiger partial charge in [-0.15, -0.1) is 6.42 Å². The van der Waals surface area contributed by atoms with Crippen molar-refractivity contribution in [2.75, 3.05) is 0 Å². The average molecular weight is 162 g/mol. The minimum absolute atomic E-state index is 0. The van der Waals surface area contributed by atoms with Crippen LogP contribution in [0.15, 0.2) is 24.8 Å². The molecule has 0 saturated carbocycles. The molecule has 50 valence electrons. The Morgan fingerprint density at radius 3 is 2.11 bits per heavy atom. The van der Waals surface area contributed by atoms with Gasteiger partial charge in [0.1, 0.15) is 0 Å². The van der Waals surface area contributed by atoms with E-state index in [2.05, 4.69) is 25.3 Å². The molecule has 1 aliphatic carbocycles. The van der Waals surface area contributed by atoms with Gasteiger partial charge in [-0.25, -0.2) is 12.2 Å². The van der Waals surface area contributed by atoms with Gasteiger partial charge in [0.25, 0.3) is 0 Å². The summed E-state index contributed by atoms with van der Waals surface area (Å²) < 4.78 is 0. The van der Waals surface area contributed by atoms with Crippen molar-refractivity contribution in [2.24, 2.45) is 0 Å². The van der Waals surface area contributed by atoms with E-state index in [0.717, 1.165) is 6.42 Å². The van der Waals surface area contributed by atoms with E-state index in [-0.39, 0.29) is 24.5 Å². The number of allylic oxidation sites excluding steroid dienone is 4. The maximum atomic E-state index is 4.25. The van der Waals surface area contributed by atoms with Gasteiger partial charge in [0, 0.05) is 0 Å². The molecule has 0 aliphatic heterocycles. The normalized spacial score (nSPS) is 10.2. The van der Waals surface area contributed by atoms with Crippen LogP contribution in [-0.2, 0) is 17.1 Å². The van der Waals surface area contributed by atoms with Crippen molar-refractivity contribution in [1.82, 2.24) is 0 Å². The van der Waals surface area contributed by atoms with Gasteiger partial charge in [-0.3, -0.25) is 12.7 Å². The van der Waals surface area contributed by atoms with Crippen molar-refractivity contribution in [1.29, 1.82) is 0 Å². The number of rotatable bonds is 0. The predicted octanol–water partition coefficient (Wildman–Crippen LogP) is 2.36. The molecular formula is C8H11Mn. The SMILES string of the molecule is [C-]1=CC=CC1.[CH-]=C.[CH3-].[Mn+3]. The molecule has 0 heterocycles. The van der Waals surface area contributed by atoms with E-state index >= 15 is 0 Å². The quantitative estimate of drug-likeness (QED) is 0.379. The molecule has 0 N–H and O–H groups in total. The molecule has 0 spiro atoms. The first-order chi connectivity index (χ1) is 3.50. The van der Waals surface area contributed by atoms with E-state index in [4.69, 9.17) is 0 Å². The van der Waals surface area contributed by atoms with Gasteiger partial charge in [-0.2, -0.15) is 6.08 Å². The molecule has 1 rings (SSSR count). The summed E-state index contributed by atoms with van der Waals surface area (Å²) in [5.41, 5.74) is 0. The summed E-state index contributed by atoms with van der Waals surface area (Å²) in [7, 11) is 0. The van der Waals surface area contributed by atoms with Crippen molar-refractivity contribution in [3.05, 3.63) is 44.9 Å². The second-order valence-corrected chi connectivity index (χ2v) is 1.00.